The van der Waals surface area contributed by atoms with Gasteiger partial charge in [-0.1, -0.05) is 18.2 Å². The fourth-order valence-electron chi connectivity index (χ4n) is 4.83. The van der Waals surface area contributed by atoms with Crippen molar-refractivity contribution in [1.82, 2.24) is 9.80 Å². The number of para-hydroxylation sites is 1. The maximum atomic E-state index is 12.3. The fraction of sp³-hybridized carbons (Fsp3) is 0.667. The number of anilines is 1. The minimum Gasteiger partial charge on any atom is -0.312 e. The van der Waals surface area contributed by atoms with Crippen LogP contribution in [0.4, 0.5) is 5.69 Å². The molecule has 0 N–H and O–H groups in total. The van der Waals surface area contributed by atoms with Crippen molar-refractivity contribution in [2.45, 2.75) is 39.2 Å². The fourth-order valence-corrected chi connectivity index (χ4v) is 4.83. The van der Waals surface area contributed by atoms with E-state index in [1.165, 1.54) is 31.7 Å². The molecule has 4 heteroatoms. The highest BCUT2D eigenvalue weighted by Gasteiger charge is 2.42. The van der Waals surface area contributed by atoms with Gasteiger partial charge < -0.3 is 9.80 Å². The first-order valence-electron chi connectivity index (χ1n) is 9.77. The monoisotopic (exact) mass is 341 g/mol. The van der Waals surface area contributed by atoms with Gasteiger partial charge >= 0.3 is 0 Å². The van der Waals surface area contributed by atoms with Crippen molar-refractivity contribution >= 4 is 11.6 Å². The molecular weight excluding hydrogens is 310 g/mol. The number of fused-ring (bicyclic) bond motifs is 2. The predicted octanol–water partition coefficient (Wildman–Crippen LogP) is 2.63. The molecule has 0 radical (unpaired) electrons. The highest BCUT2D eigenvalue weighted by atomic mass is 16.2. The van der Waals surface area contributed by atoms with E-state index < -0.39 is 0 Å². The Morgan fingerprint density at radius 3 is 2.36 bits per heavy atom. The third-order valence-corrected chi connectivity index (χ3v) is 6.29. The van der Waals surface area contributed by atoms with E-state index in [0.717, 1.165) is 37.0 Å². The highest BCUT2D eigenvalue weighted by molar-refractivity contribution is 6.01. The molecule has 136 valence electrons. The van der Waals surface area contributed by atoms with Crippen LogP contribution < -0.4 is 4.90 Å². The van der Waals surface area contributed by atoms with Crippen molar-refractivity contribution in [2.75, 3.05) is 44.2 Å². The maximum absolute atomic E-state index is 12.3. The lowest BCUT2D eigenvalue weighted by atomic mass is 10.0. The van der Waals surface area contributed by atoms with Crippen molar-refractivity contribution in [1.29, 1.82) is 0 Å². The predicted molar refractivity (Wildman–Crippen MR) is 102 cm³/mol. The van der Waals surface area contributed by atoms with Gasteiger partial charge in [-0.05, 0) is 57.2 Å². The molecule has 2 atom stereocenters. The van der Waals surface area contributed by atoms with E-state index in [4.69, 9.17) is 0 Å². The van der Waals surface area contributed by atoms with Gasteiger partial charge in [0.15, 0.2) is 0 Å². The lowest BCUT2D eigenvalue weighted by molar-refractivity contribution is -0.117. The van der Waals surface area contributed by atoms with E-state index in [0.29, 0.717) is 12.0 Å². The third-order valence-electron chi connectivity index (χ3n) is 6.29. The van der Waals surface area contributed by atoms with E-state index in [1.807, 2.05) is 17.0 Å². The summed E-state index contributed by atoms with van der Waals surface area (Å²) in [6, 6.07) is 8.23. The van der Waals surface area contributed by atoms with Gasteiger partial charge in [-0.3, -0.25) is 9.69 Å². The molecule has 0 aliphatic carbocycles. The number of rotatable bonds is 4. The van der Waals surface area contributed by atoms with Gasteiger partial charge in [0.2, 0.25) is 5.91 Å². The zero-order valence-electron chi connectivity index (χ0n) is 15.9. The summed E-state index contributed by atoms with van der Waals surface area (Å²) in [5.41, 5.74) is 2.62. The van der Waals surface area contributed by atoms with Crippen molar-refractivity contribution < 1.29 is 4.79 Å². The summed E-state index contributed by atoms with van der Waals surface area (Å²) in [5, 5.41) is 0. The number of hydrogen-bond donors (Lipinski definition) is 0. The number of likely N-dealkylation sites (tertiary alicyclic amines) is 2. The summed E-state index contributed by atoms with van der Waals surface area (Å²) < 4.78 is 0. The first-order chi connectivity index (χ1) is 11.9. The van der Waals surface area contributed by atoms with Crippen LogP contribution in [0.2, 0.25) is 0 Å². The molecule has 0 saturated carbocycles. The average molecular weight is 341 g/mol. The molecule has 3 aliphatic heterocycles. The summed E-state index contributed by atoms with van der Waals surface area (Å²) in [7, 11) is 0. The molecule has 2 fully saturated rings. The summed E-state index contributed by atoms with van der Waals surface area (Å²) >= 11 is 0. The molecule has 0 bridgehead atoms. The molecule has 1 aromatic carbocycles. The molecule has 0 unspecified atom stereocenters. The Balaban J connectivity index is 1.26. The van der Waals surface area contributed by atoms with Crippen LogP contribution in [0.5, 0.6) is 0 Å². The number of carbonyl (C=O) groups excluding carboxylic acids is 1. The standard InChI is InChI=1S/C21H31N3O/c1-21(2,3)23-14-17-12-22(13-18(17)15-23)9-6-10-24-19-8-5-4-7-16(19)11-20(24)25/h4-5,7-8,17-18H,6,9-15H2,1-3H3/t17-,18+. The Kier molecular flexibility index (Phi) is 4.37. The molecule has 3 aliphatic rings. The number of amides is 1. The smallest absolute Gasteiger partial charge is 0.231 e. The quantitative estimate of drug-likeness (QED) is 0.842. The van der Waals surface area contributed by atoms with E-state index in [-0.39, 0.29) is 5.91 Å². The lowest BCUT2D eigenvalue weighted by Crippen LogP contribution is -2.41. The summed E-state index contributed by atoms with van der Waals surface area (Å²) in [6.07, 6.45) is 1.65. The van der Waals surface area contributed by atoms with Gasteiger partial charge in [-0.2, -0.15) is 0 Å². The Bertz CT molecular complexity index is 637. The second kappa shape index (κ2) is 6.40. The summed E-state index contributed by atoms with van der Waals surface area (Å²) in [4.78, 5) is 19.5. The Labute approximate surface area is 151 Å². The molecule has 4 nitrogen and oxygen atoms in total. The van der Waals surface area contributed by atoms with Gasteiger partial charge in [-0.15, -0.1) is 0 Å². The van der Waals surface area contributed by atoms with Gasteiger partial charge in [-0.25, -0.2) is 0 Å². The van der Waals surface area contributed by atoms with Gasteiger partial charge in [0.1, 0.15) is 0 Å². The largest absolute Gasteiger partial charge is 0.312 e. The third kappa shape index (κ3) is 3.34. The molecule has 2 saturated heterocycles. The SMILES string of the molecule is CC(C)(C)N1C[C@H]2CN(CCCN3C(=O)Cc4ccccc43)C[C@H]2C1. The van der Waals surface area contributed by atoms with Crippen LogP contribution >= 0.6 is 0 Å². The van der Waals surface area contributed by atoms with Crippen LogP contribution in [0, 0.1) is 11.8 Å². The minimum absolute atomic E-state index is 0.264. The Morgan fingerprint density at radius 2 is 1.68 bits per heavy atom. The number of benzene rings is 1. The second-order valence-electron chi connectivity index (χ2n) is 9.06. The van der Waals surface area contributed by atoms with Crippen LogP contribution in [0.1, 0.15) is 32.8 Å². The number of nitrogens with zero attached hydrogens (tertiary/aromatic N) is 3. The molecule has 0 aromatic heterocycles. The van der Waals surface area contributed by atoms with E-state index in [2.05, 4.69) is 42.7 Å². The second-order valence-corrected chi connectivity index (χ2v) is 9.06. The average Bonchev–Trinajstić information content (AvgIpc) is 3.18. The van der Waals surface area contributed by atoms with Gasteiger partial charge in [0, 0.05) is 44.0 Å². The molecule has 1 aromatic rings. The van der Waals surface area contributed by atoms with Crippen molar-refractivity contribution in [3.63, 3.8) is 0 Å². The van der Waals surface area contributed by atoms with Crippen molar-refractivity contribution in [2.24, 2.45) is 11.8 Å². The highest BCUT2D eigenvalue weighted by Crippen LogP contribution is 2.35. The Morgan fingerprint density at radius 1 is 1.00 bits per heavy atom. The first kappa shape index (κ1) is 17.0. The van der Waals surface area contributed by atoms with Gasteiger partial charge in [0.05, 0.1) is 6.42 Å². The van der Waals surface area contributed by atoms with E-state index in [1.54, 1.807) is 0 Å². The van der Waals surface area contributed by atoms with Crippen LogP contribution in [0.3, 0.4) is 0 Å². The first-order valence-corrected chi connectivity index (χ1v) is 9.77. The van der Waals surface area contributed by atoms with Crippen molar-refractivity contribution in [3.8, 4) is 0 Å². The van der Waals surface area contributed by atoms with Crippen LogP contribution in [-0.2, 0) is 11.2 Å². The van der Waals surface area contributed by atoms with Crippen LogP contribution in [0.15, 0.2) is 24.3 Å². The van der Waals surface area contributed by atoms with Crippen LogP contribution in [-0.4, -0.2) is 60.5 Å². The summed E-state index contributed by atoms with van der Waals surface area (Å²) in [5.74, 6) is 1.95. The van der Waals surface area contributed by atoms with E-state index in [9.17, 15) is 4.79 Å². The Hall–Kier alpha value is -1.39. The molecule has 1 amide bonds. The zero-order chi connectivity index (χ0) is 17.6. The molecular formula is C21H31N3O. The van der Waals surface area contributed by atoms with Gasteiger partial charge in [0.25, 0.3) is 0 Å². The minimum atomic E-state index is 0.264. The van der Waals surface area contributed by atoms with Crippen molar-refractivity contribution in [3.05, 3.63) is 29.8 Å². The summed E-state index contributed by atoms with van der Waals surface area (Å²) in [6.45, 7) is 13.9. The number of hydrogen-bond acceptors (Lipinski definition) is 3. The molecule has 3 heterocycles. The molecule has 4 rings (SSSR count). The normalized spacial score (nSPS) is 27.2. The maximum Gasteiger partial charge on any atom is 0.231 e. The van der Waals surface area contributed by atoms with Crippen LogP contribution in [0.25, 0.3) is 0 Å². The number of carbonyl (C=O) groups is 1. The topological polar surface area (TPSA) is 26.8 Å². The van der Waals surface area contributed by atoms with E-state index >= 15 is 0 Å². The zero-order valence-corrected chi connectivity index (χ0v) is 15.9. The lowest BCUT2D eigenvalue weighted by Gasteiger charge is -2.33. The molecule has 0 spiro atoms. The molecule has 25 heavy (non-hydrogen) atoms.